The first-order valence-corrected chi connectivity index (χ1v) is 10.5. The van der Waals surface area contributed by atoms with Crippen molar-refractivity contribution in [1.29, 1.82) is 0 Å². The van der Waals surface area contributed by atoms with Crippen molar-refractivity contribution in [3.05, 3.63) is 107 Å². The maximum absolute atomic E-state index is 12.8. The van der Waals surface area contributed by atoms with Gasteiger partial charge in [-0.15, -0.1) is 0 Å². The third kappa shape index (κ3) is 4.72. The molecule has 5 heteroatoms. The van der Waals surface area contributed by atoms with E-state index >= 15 is 0 Å². The molecule has 0 spiro atoms. The highest BCUT2D eigenvalue weighted by molar-refractivity contribution is 6.15. The number of ketones is 1. The second-order valence-electron chi connectivity index (χ2n) is 7.62. The van der Waals surface area contributed by atoms with Gasteiger partial charge in [-0.2, -0.15) is 0 Å². The van der Waals surface area contributed by atoms with E-state index in [2.05, 4.69) is 5.32 Å². The fourth-order valence-corrected chi connectivity index (χ4v) is 3.77. The smallest absolute Gasteiger partial charge is 0.253 e. The molecule has 0 bridgehead atoms. The molecule has 3 aromatic rings. The van der Waals surface area contributed by atoms with E-state index < -0.39 is 0 Å². The Labute approximate surface area is 181 Å². The Morgan fingerprint density at radius 1 is 0.710 bits per heavy atom. The van der Waals surface area contributed by atoms with Crippen molar-refractivity contribution in [1.82, 2.24) is 10.2 Å². The quantitative estimate of drug-likeness (QED) is 0.621. The van der Waals surface area contributed by atoms with Gasteiger partial charge in [-0.3, -0.25) is 14.4 Å². The van der Waals surface area contributed by atoms with Crippen molar-refractivity contribution in [3.8, 4) is 0 Å². The number of likely N-dealkylation sites (tertiary alicyclic amines) is 1. The first-order chi connectivity index (χ1) is 15.1. The molecular weight excluding hydrogens is 388 g/mol. The zero-order valence-corrected chi connectivity index (χ0v) is 17.2. The van der Waals surface area contributed by atoms with E-state index in [-0.39, 0.29) is 17.6 Å². The van der Waals surface area contributed by atoms with Crippen molar-refractivity contribution in [2.24, 2.45) is 0 Å². The normalized spacial score (nSPS) is 13.1. The van der Waals surface area contributed by atoms with Gasteiger partial charge in [0.25, 0.3) is 11.8 Å². The van der Waals surface area contributed by atoms with Gasteiger partial charge >= 0.3 is 0 Å². The summed E-state index contributed by atoms with van der Waals surface area (Å²) in [4.78, 5) is 40.0. The molecule has 0 aromatic heterocycles. The summed E-state index contributed by atoms with van der Waals surface area (Å²) < 4.78 is 0. The van der Waals surface area contributed by atoms with Crippen LogP contribution in [-0.4, -0.2) is 35.6 Å². The van der Waals surface area contributed by atoms with Crippen LogP contribution in [0.3, 0.4) is 0 Å². The van der Waals surface area contributed by atoms with E-state index in [0.717, 1.165) is 31.5 Å². The van der Waals surface area contributed by atoms with E-state index in [1.807, 2.05) is 23.1 Å². The molecule has 1 aliphatic heterocycles. The highest BCUT2D eigenvalue weighted by Gasteiger charge is 2.20. The summed E-state index contributed by atoms with van der Waals surface area (Å²) in [6.45, 7) is 1.94. The van der Waals surface area contributed by atoms with E-state index in [1.54, 1.807) is 60.7 Å². The molecule has 1 aliphatic rings. The molecular formula is C26H24N2O3. The van der Waals surface area contributed by atoms with Crippen LogP contribution in [-0.2, 0) is 6.54 Å². The van der Waals surface area contributed by atoms with Crippen molar-refractivity contribution >= 4 is 17.6 Å². The average Bonchev–Trinajstić information content (AvgIpc) is 3.37. The first-order valence-electron chi connectivity index (χ1n) is 10.5. The summed E-state index contributed by atoms with van der Waals surface area (Å²) in [5.41, 5.74) is 2.81. The molecule has 1 fully saturated rings. The Kier molecular flexibility index (Phi) is 6.22. The number of amides is 2. The van der Waals surface area contributed by atoms with Crippen LogP contribution in [0.4, 0.5) is 0 Å². The number of benzene rings is 3. The number of nitrogens with zero attached hydrogens (tertiary/aromatic N) is 1. The molecule has 156 valence electrons. The van der Waals surface area contributed by atoms with Crippen LogP contribution in [0.2, 0.25) is 0 Å². The monoisotopic (exact) mass is 412 g/mol. The predicted octanol–water partition coefficient (Wildman–Crippen LogP) is 4.08. The number of hydrogen-bond donors (Lipinski definition) is 1. The van der Waals surface area contributed by atoms with Crippen LogP contribution in [0.1, 0.15) is 55.0 Å². The van der Waals surface area contributed by atoms with E-state index in [9.17, 15) is 14.4 Å². The van der Waals surface area contributed by atoms with Crippen LogP contribution >= 0.6 is 0 Å². The second kappa shape index (κ2) is 9.39. The third-order valence-corrected chi connectivity index (χ3v) is 5.50. The fraction of sp³-hybridized carbons (Fsp3) is 0.192. The lowest BCUT2D eigenvalue weighted by Gasteiger charge is -2.15. The van der Waals surface area contributed by atoms with Gasteiger partial charge in [-0.25, -0.2) is 0 Å². The number of nitrogens with one attached hydrogen (secondary N) is 1. The van der Waals surface area contributed by atoms with Gasteiger partial charge in [0.15, 0.2) is 5.78 Å². The predicted molar refractivity (Wildman–Crippen MR) is 119 cm³/mol. The summed E-state index contributed by atoms with van der Waals surface area (Å²) in [7, 11) is 0. The maximum atomic E-state index is 12.8. The molecule has 4 rings (SSSR count). The second-order valence-corrected chi connectivity index (χ2v) is 7.62. The highest BCUT2D eigenvalue weighted by atomic mass is 16.2. The minimum Gasteiger partial charge on any atom is -0.348 e. The zero-order valence-electron chi connectivity index (χ0n) is 17.2. The molecule has 0 unspecified atom stereocenters. The Morgan fingerprint density at radius 3 is 2.00 bits per heavy atom. The van der Waals surface area contributed by atoms with E-state index in [1.165, 1.54) is 0 Å². The number of hydrogen-bond acceptors (Lipinski definition) is 3. The third-order valence-electron chi connectivity index (χ3n) is 5.50. The van der Waals surface area contributed by atoms with Crippen LogP contribution in [0.25, 0.3) is 0 Å². The lowest BCUT2D eigenvalue weighted by molar-refractivity contribution is 0.0792. The number of carbonyl (C=O) groups excluding carboxylic acids is 3. The Balaban J connectivity index is 1.42. The van der Waals surface area contributed by atoms with Crippen LogP contribution in [0.5, 0.6) is 0 Å². The molecule has 2 amide bonds. The van der Waals surface area contributed by atoms with Gasteiger partial charge in [0.2, 0.25) is 0 Å². The molecule has 1 saturated heterocycles. The summed E-state index contributed by atoms with van der Waals surface area (Å²) in [6, 6.07) is 23.1. The molecule has 1 N–H and O–H groups in total. The van der Waals surface area contributed by atoms with Gasteiger partial charge in [-0.05, 0) is 36.6 Å². The molecule has 31 heavy (non-hydrogen) atoms. The lowest BCUT2D eigenvalue weighted by Crippen LogP contribution is -2.27. The van der Waals surface area contributed by atoms with E-state index in [4.69, 9.17) is 0 Å². The van der Waals surface area contributed by atoms with Crippen LogP contribution in [0.15, 0.2) is 78.9 Å². The van der Waals surface area contributed by atoms with Gasteiger partial charge in [0.1, 0.15) is 0 Å². The van der Waals surface area contributed by atoms with Crippen molar-refractivity contribution < 1.29 is 14.4 Å². The van der Waals surface area contributed by atoms with Crippen molar-refractivity contribution in [3.63, 3.8) is 0 Å². The van der Waals surface area contributed by atoms with Gasteiger partial charge < -0.3 is 10.2 Å². The van der Waals surface area contributed by atoms with Gasteiger partial charge in [-0.1, -0.05) is 60.7 Å². The molecule has 3 aromatic carbocycles. The topological polar surface area (TPSA) is 66.5 Å². The standard InChI is InChI=1S/C26H24N2O3/c29-24(20-8-2-1-3-9-20)22-10-4-5-11-23(22)25(30)27-18-19-12-14-21(15-13-19)26(31)28-16-6-7-17-28/h1-5,8-15H,6-7,16-18H2,(H,27,30). The highest BCUT2D eigenvalue weighted by Crippen LogP contribution is 2.16. The number of carbonyl (C=O) groups is 3. The van der Waals surface area contributed by atoms with Gasteiger partial charge in [0.05, 0.1) is 5.56 Å². The fourth-order valence-electron chi connectivity index (χ4n) is 3.77. The first kappa shape index (κ1) is 20.5. The summed E-state index contributed by atoms with van der Waals surface area (Å²) in [5, 5.41) is 2.88. The van der Waals surface area contributed by atoms with Crippen molar-refractivity contribution in [2.75, 3.05) is 13.1 Å². The van der Waals surface area contributed by atoms with Crippen LogP contribution in [0, 0.1) is 0 Å². The summed E-state index contributed by atoms with van der Waals surface area (Å²) in [5.74, 6) is -0.435. The summed E-state index contributed by atoms with van der Waals surface area (Å²) >= 11 is 0. The molecule has 5 nitrogen and oxygen atoms in total. The minimum atomic E-state index is -0.308. The SMILES string of the molecule is O=C(NCc1ccc(C(=O)N2CCCC2)cc1)c1ccccc1C(=O)c1ccccc1. The number of rotatable bonds is 6. The Bertz CT molecular complexity index is 1090. The molecule has 0 radical (unpaired) electrons. The summed E-state index contributed by atoms with van der Waals surface area (Å²) in [6.07, 6.45) is 2.12. The lowest BCUT2D eigenvalue weighted by atomic mass is 9.98. The average molecular weight is 412 g/mol. The molecule has 0 aliphatic carbocycles. The molecule has 0 saturated carbocycles. The maximum Gasteiger partial charge on any atom is 0.253 e. The Hall–Kier alpha value is -3.73. The Morgan fingerprint density at radius 2 is 1.32 bits per heavy atom. The largest absolute Gasteiger partial charge is 0.348 e. The van der Waals surface area contributed by atoms with E-state index in [0.29, 0.717) is 28.8 Å². The minimum absolute atomic E-state index is 0.0569. The van der Waals surface area contributed by atoms with Gasteiger partial charge in [0, 0.05) is 36.3 Å². The van der Waals surface area contributed by atoms with Crippen molar-refractivity contribution in [2.45, 2.75) is 19.4 Å². The molecule has 1 heterocycles. The zero-order chi connectivity index (χ0) is 21.6. The molecule has 0 atom stereocenters. The van der Waals surface area contributed by atoms with Crippen LogP contribution < -0.4 is 5.32 Å².